The second-order valence-corrected chi connectivity index (χ2v) is 4.25. The molecule has 2 aromatic rings. The number of nitrogens with one attached hydrogen (secondary N) is 1. The molecule has 22 heavy (non-hydrogen) atoms. The van der Waals surface area contributed by atoms with E-state index in [0.29, 0.717) is 17.1 Å². The summed E-state index contributed by atoms with van der Waals surface area (Å²) in [6, 6.07) is 7.84. The highest BCUT2D eigenvalue weighted by Gasteiger charge is 2.10. The van der Waals surface area contributed by atoms with Crippen molar-refractivity contribution in [2.75, 3.05) is 5.32 Å². The average molecular weight is 300 g/mol. The Morgan fingerprint density at radius 3 is 2.64 bits per heavy atom. The van der Waals surface area contributed by atoms with E-state index in [1.54, 1.807) is 25.1 Å². The molecule has 0 aliphatic carbocycles. The number of esters is 1. The maximum Gasteiger partial charge on any atom is 0.338 e. The molecular weight excluding hydrogens is 288 g/mol. The smallest absolute Gasteiger partial charge is 0.338 e. The molecule has 0 fully saturated rings. The molecule has 0 saturated carbocycles. The molecule has 1 aromatic heterocycles. The SMILES string of the molecule is Cc1nnc(COC(=O)c2ccc(NC(=O)CC#N)cc2)o1. The number of aromatic nitrogens is 2. The highest BCUT2D eigenvalue weighted by atomic mass is 16.5. The molecule has 1 N–H and O–H groups in total. The highest BCUT2D eigenvalue weighted by molar-refractivity contribution is 5.93. The Morgan fingerprint density at radius 2 is 2.05 bits per heavy atom. The summed E-state index contributed by atoms with van der Waals surface area (Å²) in [5.74, 6) is -0.356. The topological polar surface area (TPSA) is 118 Å². The van der Waals surface area contributed by atoms with Crippen LogP contribution in [0.25, 0.3) is 0 Å². The standard InChI is InChI=1S/C14H12N4O4/c1-9-17-18-13(22-9)8-21-14(20)10-2-4-11(5-3-10)16-12(19)6-7-15/h2-5H,6,8H2,1H3,(H,16,19). The Morgan fingerprint density at radius 1 is 1.32 bits per heavy atom. The maximum absolute atomic E-state index is 11.8. The number of carbonyl (C=O) groups excluding carboxylic acids is 2. The van der Waals surface area contributed by atoms with Crippen molar-refractivity contribution in [3.05, 3.63) is 41.6 Å². The third kappa shape index (κ3) is 4.14. The molecule has 1 aromatic carbocycles. The van der Waals surface area contributed by atoms with Crippen molar-refractivity contribution in [2.45, 2.75) is 20.0 Å². The van der Waals surface area contributed by atoms with Crippen LogP contribution < -0.4 is 5.32 Å². The summed E-state index contributed by atoms with van der Waals surface area (Å²) >= 11 is 0. The van der Waals surface area contributed by atoms with Crippen molar-refractivity contribution in [2.24, 2.45) is 0 Å². The second-order valence-electron chi connectivity index (χ2n) is 4.25. The maximum atomic E-state index is 11.8. The van der Waals surface area contributed by atoms with Crippen LogP contribution in [0.4, 0.5) is 5.69 Å². The second kappa shape index (κ2) is 6.99. The normalized spacial score (nSPS) is 9.82. The van der Waals surface area contributed by atoms with Crippen LogP contribution in [-0.2, 0) is 16.1 Å². The van der Waals surface area contributed by atoms with Crippen molar-refractivity contribution in [1.29, 1.82) is 5.26 Å². The zero-order valence-electron chi connectivity index (χ0n) is 11.7. The molecule has 8 heteroatoms. The first-order valence-electron chi connectivity index (χ1n) is 6.31. The molecule has 112 valence electrons. The number of nitriles is 1. The molecule has 1 heterocycles. The number of anilines is 1. The van der Waals surface area contributed by atoms with Crippen molar-refractivity contribution in [1.82, 2.24) is 10.2 Å². The molecule has 0 bridgehead atoms. The van der Waals surface area contributed by atoms with Gasteiger partial charge in [-0.1, -0.05) is 0 Å². The Balaban J connectivity index is 1.90. The fourth-order valence-electron chi connectivity index (χ4n) is 1.57. The van der Waals surface area contributed by atoms with Crippen molar-refractivity contribution >= 4 is 17.6 Å². The molecule has 0 saturated heterocycles. The van der Waals surface area contributed by atoms with Crippen LogP contribution in [0.1, 0.15) is 28.6 Å². The quantitative estimate of drug-likeness (QED) is 0.833. The highest BCUT2D eigenvalue weighted by Crippen LogP contribution is 2.12. The Hall–Kier alpha value is -3.21. The fourth-order valence-corrected chi connectivity index (χ4v) is 1.57. The van der Waals surface area contributed by atoms with Gasteiger partial charge < -0.3 is 14.5 Å². The van der Waals surface area contributed by atoms with Crippen molar-refractivity contribution < 1.29 is 18.7 Å². The minimum absolute atomic E-state index is 0.111. The van der Waals surface area contributed by atoms with Gasteiger partial charge in [0.1, 0.15) is 6.42 Å². The fraction of sp³-hybridized carbons (Fsp3) is 0.214. The lowest BCUT2D eigenvalue weighted by atomic mass is 10.2. The molecule has 0 spiro atoms. The van der Waals surface area contributed by atoms with Crippen LogP contribution in [0, 0.1) is 18.3 Å². The van der Waals surface area contributed by atoms with Gasteiger partial charge >= 0.3 is 5.97 Å². The predicted octanol–water partition coefficient (Wildman–Crippen LogP) is 1.59. The van der Waals surface area contributed by atoms with E-state index in [4.69, 9.17) is 14.4 Å². The van der Waals surface area contributed by atoms with E-state index in [0.717, 1.165) is 0 Å². The summed E-state index contributed by atoms with van der Waals surface area (Å²) in [7, 11) is 0. The van der Waals surface area contributed by atoms with Crippen molar-refractivity contribution in [3.8, 4) is 6.07 Å². The lowest BCUT2D eigenvalue weighted by Crippen LogP contribution is -2.10. The number of nitrogens with zero attached hydrogens (tertiary/aromatic N) is 3. The molecule has 0 radical (unpaired) electrons. The monoisotopic (exact) mass is 300 g/mol. The number of aryl methyl sites for hydroxylation is 1. The van der Waals surface area contributed by atoms with Crippen LogP contribution in [0.3, 0.4) is 0 Å². The number of hydrogen-bond acceptors (Lipinski definition) is 7. The van der Waals surface area contributed by atoms with Gasteiger partial charge in [-0.15, -0.1) is 10.2 Å². The number of amides is 1. The molecule has 1 amide bonds. The molecule has 0 aliphatic heterocycles. The van der Waals surface area contributed by atoms with Crippen LogP contribution in [0.2, 0.25) is 0 Å². The number of rotatable bonds is 5. The number of hydrogen-bond donors (Lipinski definition) is 1. The Bertz CT molecular complexity index is 715. The molecule has 2 rings (SSSR count). The first-order valence-corrected chi connectivity index (χ1v) is 6.31. The lowest BCUT2D eigenvalue weighted by molar-refractivity contribution is -0.115. The van der Waals surface area contributed by atoms with Gasteiger partial charge in [0.25, 0.3) is 5.89 Å². The summed E-state index contributed by atoms with van der Waals surface area (Å²) < 4.78 is 10.1. The van der Waals surface area contributed by atoms with Gasteiger partial charge in [0, 0.05) is 12.6 Å². The molecule has 0 unspecified atom stereocenters. The average Bonchev–Trinajstić information content (AvgIpc) is 2.91. The van der Waals surface area contributed by atoms with Crippen LogP contribution >= 0.6 is 0 Å². The number of ether oxygens (including phenoxy) is 1. The van der Waals surface area contributed by atoms with Crippen LogP contribution in [0.5, 0.6) is 0 Å². The van der Waals surface area contributed by atoms with E-state index >= 15 is 0 Å². The first-order chi connectivity index (χ1) is 10.6. The summed E-state index contributed by atoms with van der Waals surface area (Å²) in [6.07, 6.45) is -0.229. The first kappa shape index (κ1) is 15.2. The molecule has 0 aliphatic rings. The Labute approximate surface area is 125 Å². The Kier molecular flexibility index (Phi) is 4.82. The van der Waals surface area contributed by atoms with E-state index in [9.17, 15) is 9.59 Å². The zero-order valence-corrected chi connectivity index (χ0v) is 11.7. The molecule has 8 nitrogen and oxygen atoms in total. The third-order valence-corrected chi connectivity index (χ3v) is 2.54. The lowest BCUT2D eigenvalue weighted by Gasteiger charge is -2.05. The number of benzene rings is 1. The van der Waals surface area contributed by atoms with Gasteiger partial charge in [0.2, 0.25) is 11.8 Å². The van der Waals surface area contributed by atoms with Gasteiger partial charge in [0.05, 0.1) is 11.6 Å². The molecular formula is C14H12N4O4. The van der Waals surface area contributed by atoms with Gasteiger partial charge in [-0.3, -0.25) is 4.79 Å². The van der Waals surface area contributed by atoms with E-state index < -0.39 is 11.9 Å². The minimum atomic E-state index is -0.550. The summed E-state index contributed by atoms with van der Waals surface area (Å²) in [5, 5.41) is 18.2. The van der Waals surface area contributed by atoms with Gasteiger partial charge in [0.15, 0.2) is 6.61 Å². The predicted molar refractivity (Wildman–Crippen MR) is 73.5 cm³/mol. The van der Waals surface area contributed by atoms with Crippen LogP contribution in [-0.4, -0.2) is 22.1 Å². The summed E-state index contributed by atoms with van der Waals surface area (Å²) in [5.41, 5.74) is 0.804. The third-order valence-electron chi connectivity index (χ3n) is 2.54. The summed E-state index contributed by atoms with van der Waals surface area (Å²) in [6.45, 7) is 1.53. The van der Waals surface area contributed by atoms with E-state index in [2.05, 4.69) is 15.5 Å². The van der Waals surface area contributed by atoms with E-state index in [1.165, 1.54) is 12.1 Å². The largest absolute Gasteiger partial charge is 0.452 e. The number of carbonyl (C=O) groups is 2. The van der Waals surface area contributed by atoms with Gasteiger partial charge in [-0.25, -0.2) is 4.79 Å². The van der Waals surface area contributed by atoms with Gasteiger partial charge in [-0.05, 0) is 24.3 Å². The van der Waals surface area contributed by atoms with Crippen LogP contribution in [0.15, 0.2) is 28.7 Å². The van der Waals surface area contributed by atoms with E-state index in [-0.39, 0.29) is 18.9 Å². The van der Waals surface area contributed by atoms with E-state index in [1.807, 2.05) is 0 Å². The zero-order chi connectivity index (χ0) is 15.9. The minimum Gasteiger partial charge on any atom is -0.452 e. The summed E-state index contributed by atoms with van der Waals surface area (Å²) in [4.78, 5) is 23.1. The van der Waals surface area contributed by atoms with Gasteiger partial charge in [-0.2, -0.15) is 5.26 Å². The molecule has 0 atom stereocenters. The van der Waals surface area contributed by atoms with Crippen molar-refractivity contribution in [3.63, 3.8) is 0 Å².